The van der Waals surface area contributed by atoms with Gasteiger partial charge in [0.15, 0.2) is 0 Å². The molecular formula is C45H74. The summed E-state index contributed by atoms with van der Waals surface area (Å²) in [6.45, 7) is 0. The van der Waals surface area contributed by atoms with Crippen LogP contribution in [0.2, 0.25) is 0 Å². The Kier molecular flexibility index (Phi) is 9.46. The highest BCUT2D eigenvalue weighted by Crippen LogP contribution is 2.65. The van der Waals surface area contributed by atoms with E-state index in [9.17, 15) is 0 Å². The third kappa shape index (κ3) is 6.08. The first-order valence-corrected chi connectivity index (χ1v) is 22.3. The molecule has 0 amide bonds. The van der Waals surface area contributed by atoms with Gasteiger partial charge in [-0.1, -0.05) is 116 Å². The van der Waals surface area contributed by atoms with Crippen LogP contribution in [0.1, 0.15) is 186 Å². The average molecular weight is 615 g/mol. The van der Waals surface area contributed by atoms with Crippen molar-refractivity contribution in [2.24, 2.45) is 94.7 Å². The summed E-state index contributed by atoms with van der Waals surface area (Å²) in [5, 5.41) is 0. The second kappa shape index (κ2) is 13.7. The van der Waals surface area contributed by atoms with Crippen molar-refractivity contribution in [2.75, 3.05) is 0 Å². The average Bonchev–Trinajstić information content (AvgIpc) is 3.10. The molecule has 0 aromatic heterocycles. The van der Waals surface area contributed by atoms with E-state index in [-0.39, 0.29) is 0 Å². The molecule has 0 nitrogen and oxygen atoms in total. The molecule has 9 rings (SSSR count). The molecule has 9 fully saturated rings. The van der Waals surface area contributed by atoms with Crippen LogP contribution in [-0.4, -0.2) is 0 Å². The highest BCUT2D eigenvalue weighted by atomic mass is 14.6. The molecule has 45 heavy (non-hydrogen) atoms. The number of fused-ring (bicyclic) bond motifs is 5. The number of hydrogen-bond donors (Lipinski definition) is 0. The Morgan fingerprint density at radius 1 is 0.244 bits per heavy atom. The van der Waals surface area contributed by atoms with Gasteiger partial charge in [0, 0.05) is 0 Å². The van der Waals surface area contributed by atoms with E-state index in [2.05, 4.69) is 0 Å². The van der Waals surface area contributed by atoms with Crippen molar-refractivity contribution in [2.45, 2.75) is 186 Å². The van der Waals surface area contributed by atoms with Crippen LogP contribution in [0, 0.1) is 94.7 Å². The molecule has 9 aliphatic rings. The van der Waals surface area contributed by atoms with Crippen LogP contribution in [-0.2, 0) is 0 Å². The van der Waals surface area contributed by atoms with Crippen molar-refractivity contribution in [3.63, 3.8) is 0 Å². The molecule has 0 heteroatoms. The zero-order valence-corrected chi connectivity index (χ0v) is 29.7. The van der Waals surface area contributed by atoms with Gasteiger partial charge in [-0.15, -0.1) is 0 Å². The zero-order chi connectivity index (χ0) is 29.7. The van der Waals surface area contributed by atoms with E-state index in [1.807, 2.05) is 0 Å². The van der Waals surface area contributed by atoms with Crippen molar-refractivity contribution < 1.29 is 0 Å². The Bertz CT molecular complexity index is 957. The topological polar surface area (TPSA) is 0 Å². The van der Waals surface area contributed by atoms with E-state index in [1.165, 1.54) is 0 Å². The summed E-state index contributed by atoms with van der Waals surface area (Å²) >= 11 is 0. The molecule has 0 aliphatic heterocycles. The Balaban J connectivity index is 0.956. The summed E-state index contributed by atoms with van der Waals surface area (Å²) in [6.07, 6.45) is 46.8. The van der Waals surface area contributed by atoms with E-state index in [0.717, 1.165) is 94.7 Å². The summed E-state index contributed by atoms with van der Waals surface area (Å²) in [5.41, 5.74) is 0. The van der Waals surface area contributed by atoms with Crippen LogP contribution in [0.3, 0.4) is 0 Å². The van der Waals surface area contributed by atoms with Crippen LogP contribution < -0.4 is 0 Å². The minimum absolute atomic E-state index is 1.10. The first kappa shape index (κ1) is 31.0. The summed E-state index contributed by atoms with van der Waals surface area (Å²) in [4.78, 5) is 0. The van der Waals surface area contributed by atoms with E-state index in [0.29, 0.717) is 0 Å². The second-order valence-corrected chi connectivity index (χ2v) is 20.2. The molecule has 15 unspecified atom stereocenters. The first-order valence-electron chi connectivity index (χ1n) is 22.3. The molecule has 0 aromatic rings. The number of hydrogen-bond acceptors (Lipinski definition) is 0. The third-order valence-electron chi connectivity index (χ3n) is 18.4. The Morgan fingerprint density at radius 3 is 1.53 bits per heavy atom. The molecule has 0 heterocycles. The van der Waals surface area contributed by atoms with Gasteiger partial charge in [-0.3, -0.25) is 0 Å². The predicted molar refractivity (Wildman–Crippen MR) is 190 cm³/mol. The van der Waals surface area contributed by atoms with E-state index < -0.39 is 0 Å². The third-order valence-corrected chi connectivity index (χ3v) is 18.4. The van der Waals surface area contributed by atoms with Gasteiger partial charge in [0.2, 0.25) is 0 Å². The fraction of sp³-hybridized carbons (Fsp3) is 1.00. The smallest absolute Gasteiger partial charge is 0.0321 e. The molecule has 254 valence electrons. The number of rotatable bonds is 4. The molecule has 0 saturated heterocycles. The predicted octanol–water partition coefficient (Wildman–Crippen LogP) is 13.3. The maximum Gasteiger partial charge on any atom is -0.0321 e. The second-order valence-electron chi connectivity index (χ2n) is 20.2. The van der Waals surface area contributed by atoms with E-state index in [4.69, 9.17) is 0 Å². The summed E-state index contributed by atoms with van der Waals surface area (Å²) in [7, 11) is 0. The fourth-order valence-corrected chi connectivity index (χ4v) is 16.9. The Morgan fingerprint density at radius 2 is 0.733 bits per heavy atom. The summed E-state index contributed by atoms with van der Waals surface area (Å²) in [6, 6.07) is 0. The zero-order valence-electron chi connectivity index (χ0n) is 29.7. The lowest BCUT2D eigenvalue weighted by Gasteiger charge is -2.62. The van der Waals surface area contributed by atoms with Crippen molar-refractivity contribution in [3.05, 3.63) is 0 Å². The standard InChI is InChI=1S/C45H74/c1-2-12-33(13-3-1)44-40-18-8-9-19-41(40)45(39-20-10-16-32-11-6-7-17-38(32)39)43-27-31(22-24-42(43)44)25-30-21-23-36-28-34-14-4-5-15-35(34)29-37(36)26-30/h30-45H,1-29H2. The van der Waals surface area contributed by atoms with Crippen LogP contribution in [0.15, 0.2) is 0 Å². The van der Waals surface area contributed by atoms with Crippen molar-refractivity contribution >= 4 is 0 Å². The van der Waals surface area contributed by atoms with Gasteiger partial charge in [-0.2, -0.15) is 0 Å². The minimum atomic E-state index is 1.10. The highest BCUT2D eigenvalue weighted by molar-refractivity contribution is 5.06. The molecule has 0 N–H and O–H groups in total. The fourth-order valence-electron chi connectivity index (χ4n) is 16.9. The molecule has 15 atom stereocenters. The van der Waals surface area contributed by atoms with Crippen molar-refractivity contribution in [3.8, 4) is 0 Å². The van der Waals surface area contributed by atoms with E-state index in [1.54, 1.807) is 186 Å². The minimum Gasteiger partial charge on any atom is -0.0533 e. The van der Waals surface area contributed by atoms with Crippen LogP contribution >= 0.6 is 0 Å². The van der Waals surface area contributed by atoms with Crippen molar-refractivity contribution in [1.29, 1.82) is 0 Å². The SMILES string of the molecule is C1CCC(C2C3CCCCC3C(C3CCCC4CCCCC43)C3CC(CC4CCC5CC6CCCCC6CC5C4)CCC32)CC1. The quantitative estimate of drug-likeness (QED) is 0.295. The van der Waals surface area contributed by atoms with Gasteiger partial charge in [0.1, 0.15) is 0 Å². The lowest BCUT2D eigenvalue weighted by atomic mass is 9.43. The van der Waals surface area contributed by atoms with Gasteiger partial charge < -0.3 is 0 Å². The van der Waals surface area contributed by atoms with Gasteiger partial charge in [0.25, 0.3) is 0 Å². The van der Waals surface area contributed by atoms with Gasteiger partial charge in [-0.05, 0) is 165 Å². The largest absolute Gasteiger partial charge is 0.0533 e. The Labute approximate surface area is 280 Å². The van der Waals surface area contributed by atoms with Gasteiger partial charge in [-0.25, -0.2) is 0 Å². The van der Waals surface area contributed by atoms with Gasteiger partial charge >= 0.3 is 0 Å². The van der Waals surface area contributed by atoms with Crippen LogP contribution in [0.4, 0.5) is 0 Å². The van der Waals surface area contributed by atoms with Crippen LogP contribution in [0.25, 0.3) is 0 Å². The van der Waals surface area contributed by atoms with Gasteiger partial charge in [0.05, 0.1) is 0 Å². The monoisotopic (exact) mass is 615 g/mol. The normalized spacial score (nSPS) is 52.4. The molecule has 0 spiro atoms. The van der Waals surface area contributed by atoms with Crippen molar-refractivity contribution in [1.82, 2.24) is 0 Å². The molecule has 9 saturated carbocycles. The maximum absolute atomic E-state index is 1.70. The van der Waals surface area contributed by atoms with Crippen LogP contribution in [0.5, 0.6) is 0 Å². The molecule has 0 bridgehead atoms. The maximum atomic E-state index is 1.70. The molecule has 0 radical (unpaired) electrons. The van der Waals surface area contributed by atoms with E-state index >= 15 is 0 Å². The lowest BCUT2D eigenvalue weighted by Crippen LogP contribution is -2.55. The molecular weight excluding hydrogens is 540 g/mol. The molecule has 9 aliphatic carbocycles. The highest BCUT2D eigenvalue weighted by Gasteiger charge is 2.57. The first-order chi connectivity index (χ1) is 22.3. The lowest BCUT2D eigenvalue weighted by molar-refractivity contribution is -0.135. The Hall–Kier alpha value is 0. The summed E-state index contributed by atoms with van der Waals surface area (Å²) < 4.78 is 0. The summed E-state index contributed by atoms with van der Waals surface area (Å²) in [5.74, 6) is 18.1. The molecule has 0 aromatic carbocycles.